The second kappa shape index (κ2) is 10.2. The van der Waals surface area contributed by atoms with Gasteiger partial charge in [0.25, 0.3) is 0 Å². The highest BCUT2D eigenvalue weighted by atomic mass is 32.1. The molecule has 1 amide bonds. The first-order chi connectivity index (χ1) is 17.8. The van der Waals surface area contributed by atoms with E-state index >= 15 is 8.78 Å². The highest BCUT2D eigenvalue weighted by molar-refractivity contribution is 7.15. The van der Waals surface area contributed by atoms with Crippen LogP contribution in [-0.2, 0) is 17.1 Å². The van der Waals surface area contributed by atoms with Gasteiger partial charge < -0.3 is 16.0 Å². The summed E-state index contributed by atoms with van der Waals surface area (Å²) in [6.45, 7) is 0.400. The number of hydrogen-bond acceptors (Lipinski definition) is 7. The maximum atomic E-state index is 15.5. The van der Waals surface area contributed by atoms with Crippen LogP contribution in [0.5, 0.6) is 0 Å². The summed E-state index contributed by atoms with van der Waals surface area (Å²) in [4.78, 5) is 27.4. The number of nitrogens with one attached hydrogen (secondary N) is 1. The van der Waals surface area contributed by atoms with E-state index in [1.54, 1.807) is 11.1 Å². The van der Waals surface area contributed by atoms with Crippen molar-refractivity contribution >= 4 is 34.1 Å². The molecule has 1 aliphatic rings. The van der Waals surface area contributed by atoms with E-state index in [2.05, 4.69) is 20.3 Å². The number of hydrogen-bond donors (Lipinski definition) is 2. The third-order valence-corrected chi connectivity index (χ3v) is 7.00. The molecule has 11 heteroatoms. The molecule has 0 saturated carbocycles. The number of rotatable bonds is 8. The Morgan fingerprint density at radius 3 is 2.62 bits per heavy atom. The number of thiazole rings is 1. The number of amides is 1. The van der Waals surface area contributed by atoms with Crippen LogP contribution in [0.4, 0.5) is 30.1 Å². The molecule has 37 heavy (non-hydrogen) atoms. The average Bonchev–Trinajstić information content (AvgIpc) is 3.55. The molecule has 5 rings (SSSR count). The lowest BCUT2D eigenvalue weighted by molar-refractivity contribution is -0.119. The maximum Gasteiger partial charge on any atom is 0.315 e. The van der Waals surface area contributed by atoms with Crippen molar-refractivity contribution in [1.29, 1.82) is 0 Å². The van der Waals surface area contributed by atoms with E-state index < -0.39 is 34.9 Å². The Morgan fingerprint density at radius 2 is 1.89 bits per heavy atom. The van der Waals surface area contributed by atoms with E-state index in [4.69, 9.17) is 5.73 Å². The molecule has 1 fully saturated rings. The quantitative estimate of drug-likeness (QED) is 0.337. The molecular weight excluding hydrogens is 501 g/mol. The summed E-state index contributed by atoms with van der Waals surface area (Å²) in [6, 6.07) is 14.3. The zero-order valence-electron chi connectivity index (χ0n) is 19.6. The second-order valence-corrected chi connectivity index (χ2v) is 9.81. The Labute approximate surface area is 215 Å². The number of nitrogens with zero attached hydrogens (tertiary/aromatic N) is 4. The number of anilines is 3. The van der Waals surface area contributed by atoms with Gasteiger partial charge in [0.05, 0.1) is 0 Å². The minimum Gasteiger partial charge on any atom is -0.368 e. The molecule has 3 N–H and O–H groups in total. The van der Waals surface area contributed by atoms with Gasteiger partial charge >= 0.3 is 5.92 Å². The lowest BCUT2D eigenvalue weighted by Gasteiger charge is -2.24. The molecule has 7 nitrogen and oxygen atoms in total. The molecule has 1 atom stereocenters. The van der Waals surface area contributed by atoms with Crippen LogP contribution in [0, 0.1) is 5.82 Å². The smallest absolute Gasteiger partial charge is 0.315 e. The molecule has 0 aliphatic carbocycles. The summed E-state index contributed by atoms with van der Waals surface area (Å²) < 4.78 is 44.5. The SMILES string of the molecule is NC(=O)[C@@H]1CCCN1c1nc(Nc2ncc(Cc3ccccc3)s2)cc(C(F)(F)c2ccc(F)cc2)n1. The Balaban J connectivity index is 1.49. The first-order valence-electron chi connectivity index (χ1n) is 11.6. The van der Waals surface area contributed by atoms with E-state index in [1.807, 2.05) is 30.3 Å². The first-order valence-corrected chi connectivity index (χ1v) is 12.5. The van der Waals surface area contributed by atoms with Crippen LogP contribution in [-0.4, -0.2) is 33.4 Å². The predicted molar refractivity (Wildman–Crippen MR) is 136 cm³/mol. The molecule has 0 unspecified atom stereocenters. The molecule has 1 aliphatic heterocycles. The van der Waals surface area contributed by atoms with Gasteiger partial charge in [-0.2, -0.15) is 13.8 Å². The van der Waals surface area contributed by atoms with Gasteiger partial charge in [-0.05, 0) is 42.7 Å². The molecule has 0 spiro atoms. The third kappa shape index (κ3) is 5.41. The van der Waals surface area contributed by atoms with Gasteiger partial charge in [-0.15, -0.1) is 11.3 Å². The van der Waals surface area contributed by atoms with E-state index in [0.29, 0.717) is 30.9 Å². The lowest BCUT2D eigenvalue weighted by atomic mass is 10.1. The molecule has 0 bridgehead atoms. The molecule has 1 saturated heterocycles. The lowest BCUT2D eigenvalue weighted by Crippen LogP contribution is -2.41. The summed E-state index contributed by atoms with van der Waals surface area (Å²) in [6.07, 6.45) is 3.53. The minimum atomic E-state index is -3.55. The highest BCUT2D eigenvalue weighted by Gasteiger charge is 2.38. The number of carbonyl (C=O) groups excluding carboxylic acids is 1. The number of nitrogens with two attached hydrogens (primary N) is 1. The maximum absolute atomic E-state index is 15.5. The van der Waals surface area contributed by atoms with Crippen molar-refractivity contribution in [1.82, 2.24) is 15.0 Å². The van der Waals surface area contributed by atoms with Gasteiger partial charge in [-0.25, -0.2) is 14.4 Å². The Bertz CT molecular complexity index is 1400. The van der Waals surface area contributed by atoms with Crippen LogP contribution >= 0.6 is 11.3 Å². The van der Waals surface area contributed by atoms with Crippen molar-refractivity contribution in [3.05, 3.63) is 94.4 Å². The van der Waals surface area contributed by atoms with Gasteiger partial charge in [-0.1, -0.05) is 30.3 Å². The van der Waals surface area contributed by atoms with Crippen LogP contribution in [0.3, 0.4) is 0 Å². The van der Waals surface area contributed by atoms with Crippen LogP contribution in [0.1, 0.15) is 34.5 Å². The number of alkyl halides is 2. The fourth-order valence-electron chi connectivity index (χ4n) is 4.25. The van der Waals surface area contributed by atoms with Crippen LogP contribution in [0.25, 0.3) is 0 Å². The molecule has 3 heterocycles. The van der Waals surface area contributed by atoms with E-state index in [0.717, 1.165) is 40.8 Å². The Hall–Kier alpha value is -3.99. The topological polar surface area (TPSA) is 97.0 Å². The molecule has 4 aromatic rings. The van der Waals surface area contributed by atoms with Crippen LogP contribution in [0.2, 0.25) is 0 Å². The van der Waals surface area contributed by atoms with Gasteiger partial charge in [0.1, 0.15) is 23.4 Å². The highest BCUT2D eigenvalue weighted by Crippen LogP contribution is 2.37. The van der Waals surface area contributed by atoms with Crippen molar-refractivity contribution < 1.29 is 18.0 Å². The van der Waals surface area contributed by atoms with E-state index in [-0.39, 0.29) is 11.8 Å². The second-order valence-electron chi connectivity index (χ2n) is 8.69. The van der Waals surface area contributed by atoms with Crippen molar-refractivity contribution in [2.24, 2.45) is 5.73 Å². The van der Waals surface area contributed by atoms with E-state index in [1.165, 1.54) is 11.3 Å². The zero-order chi connectivity index (χ0) is 26.0. The average molecular weight is 525 g/mol. The number of carbonyl (C=O) groups is 1. The monoisotopic (exact) mass is 524 g/mol. The van der Waals surface area contributed by atoms with Crippen molar-refractivity contribution in [3.63, 3.8) is 0 Å². The minimum absolute atomic E-state index is 0.0378. The third-order valence-electron chi connectivity index (χ3n) is 6.09. The standard InChI is InChI=1S/C26H23F3N6OS/c27-18-10-8-17(9-11-18)26(28,29)21-14-22(33-24(32-21)35-12-4-7-20(35)23(30)36)34-25-31-15-19(37-25)13-16-5-2-1-3-6-16/h1-3,5-6,8-11,14-15,20H,4,7,12-13H2,(H2,30,36)(H,31,32,33,34)/t20-/m0/s1. The fourth-order valence-corrected chi connectivity index (χ4v) is 5.10. The number of benzene rings is 2. The van der Waals surface area contributed by atoms with Crippen molar-refractivity contribution in [2.75, 3.05) is 16.8 Å². The largest absolute Gasteiger partial charge is 0.368 e. The Morgan fingerprint density at radius 1 is 1.14 bits per heavy atom. The van der Waals surface area contributed by atoms with E-state index in [9.17, 15) is 9.18 Å². The normalized spacial score (nSPS) is 15.6. The van der Waals surface area contributed by atoms with Crippen LogP contribution < -0.4 is 16.0 Å². The molecule has 2 aromatic carbocycles. The summed E-state index contributed by atoms with van der Waals surface area (Å²) in [7, 11) is 0. The number of halogens is 3. The van der Waals surface area contributed by atoms with Crippen molar-refractivity contribution in [2.45, 2.75) is 31.2 Å². The van der Waals surface area contributed by atoms with Crippen LogP contribution in [0.15, 0.2) is 66.9 Å². The first kappa shape index (κ1) is 24.7. The molecular formula is C26H23F3N6OS. The summed E-state index contributed by atoms with van der Waals surface area (Å²) >= 11 is 1.38. The van der Waals surface area contributed by atoms with Gasteiger partial charge in [0, 0.05) is 35.7 Å². The number of aromatic nitrogens is 3. The fraction of sp³-hybridized carbons (Fsp3) is 0.231. The summed E-state index contributed by atoms with van der Waals surface area (Å²) in [5.41, 5.74) is 5.64. The van der Waals surface area contributed by atoms with Gasteiger partial charge in [-0.3, -0.25) is 4.79 Å². The van der Waals surface area contributed by atoms with Gasteiger partial charge in [0.2, 0.25) is 11.9 Å². The zero-order valence-corrected chi connectivity index (χ0v) is 20.4. The van der Waals surface area contributed by atoms with Gasteiger partial charge in [0.15, 0.2) is 5.13 Å². The molecule has 0 radical (unpaired) electrons. The Kier molecular flexibility index (Phi) is 6.79. The summed E-state index contributed by atoms with van der Waals surface area (Å²) in [5, 5.41) is 3.48. The molecule has 2 aromatic heterocycles. The number of primary amides is 1. The predicted octanol–water partition coefficient (Wildman–Crippen LogP) is 5.00. The van der Waals surface area contributed by atoms with Crippen molar-refractivity contribution in [3.8, 4) is 0 Å². The molecule has 190 valence electrons. The summed E-state index contributed by atoms with van der Waals surface area (Å²) in [5.74, 6) is -4.69.